The average molecular weight is 772 g/mol. The van der Waals surface area contributed by atoms with Crippen molar-refractivity contribution >= 4 is 50.5 Å². The van der Waals surface area contributed by atoms with Gasteiger partial charge in [0.25, 0.3) is 0 Å². The van der Waals surface area contributed by atoms with E-state index >= 15 is 0 Å². The molecule has 8 rings (SSSR count). The van der Waals surface area contributed by atoms with Gasteiger partial charge < -0.3 is 40.9 Å². The second kappa shape index (κ2) is 15.0. The summed E-state index contributed by atoms with van der Waals surface area (Å²) in [5.41, 5.74) is 5.28. The Balaban J connectivity index is 0.00000435. The standard InChI is InChI=1S/C43H34N2O7.BrH/c1-26-33-24-45(23-22-31(33)27(2)37-36(26)32-20-12-13-21-34(32)44-37)40-39(52-43(48)30-18-10-5-11-19-30)38(51-42(47)29-16-8-4-9-17-29)35(50-40)25-49-41(46)28-14-6-3-7-15-28;/h3-24,35,38-40H,25H2,1-2H3;1H/t35-,38-,39-,40-;/m1./s1. The largest absolute Gasteiger partial charge is 1.00 e. The van der Waals surface area contributed by atoms with E-state index in [9.17, 15) is 14.4 Å². The number of halogens is 1. The number of benzene rings is 5. The summed E-state index contributed by atoms with van der Waals surface area (Å²) >= 11 is 0. The fourth-order valence-corrected chi connectivity index (χ4v) is 7.08. The molecule has 0 aliphatic carbocycles. The minimum absolute atomic E-state index is 0. The van der Waals surface area contributed by atoms with Crippen LogP contribution < -0.4 is 21.5 Å². The second-order valence-corrected chi connectivity index (χ2v) is 12.9. The summed E-state index contributed by atoms with van der Waals surface area (Å²) in [4.78, 5) is 43.9. The number of carbonyl (C=O) groups excluding carboxylic acids is 3. The zero-order valence-corrected chi connectivity index (χ0v) is 30.5. The molecular formula is C43H35BrN2O7. The monoisotopic (exact) mass is 770 g/mol. The number of H-pyrrole nitrogens is 1. The predicted molar refractivity (Wildman–Crippen MR) is 195 cm³/mol. The van der Waals surface area contributed by atoms with Crippen molar-refractivity contribution in [1.29, 1.82) is 0 Å². The van der Waals surface area contributed by atoms with Gasteiger partial charge in [0.2, 0.25) is 6.10 Å². The van der Waals surface area contributed by atoms with E-state index in [2.05, 4.69) is 31.0 Å². The molecule has 0 unspecified atom stereocenters. The molecule has 1 aliphatic rings. The summed E-state index contributed by atoms with van der Waals surface area (Å²) in [6.45, 7) is 3.92. The van der Waals surface area contributed by atoms with Crippen LogP contribution in [0.15, 0.2) is 134 Å². The number of esters is 3. The number of para-hydroxylation sites is 1. The van der Waals surface area contributed by atoms with E-state index in [4.69, 9.17) is 18.9 Å². The third-order valence-electron chi connectivity index (χ3n) is 9.72. The summed E-state index contributed by atoms with van der Waals surface area (Å²) < 4.78 is 26.5. The first-order chi connectivity index (χ1) is 25.4. The van der Waals surface area contributed by atoms with Crippen molar-refractivity contribution < 1.29 is 54.9 Å². The number of ether oxygens (including phenoxy) is 4. The molecule has 0 spiro atoms. The summed E-state index contributed by atoms with van der Waals surface area (Å²) in [5, 5.41) is 4.27. The Hall–Kier alpha value is -5.84. The maximum atomic E-state index is 13.7. The Morgan fingerprint density at radius 2 is 1.19 bits per heavy atom. The molecule has 1 N–H and O–H groups in total. The molecule has 1 saturated heterocycles. The zero-order valence-electron chi connectivity index (χ0n) is 28.9. The van der Waals surface area contributed by atoms with Gasteiger partial charge in [-0.15, -0.1) is 0 Å². The Kier molecular flexibility index (Phi) is 10.1. The minimum Gasteiger partial charge on any atom is -1.00 e. The summed E-state index contributed by atoms with van der Waals surface area (Å²) in [6, 6.07) is 36.0. The molecule has 266 valence electrons. The van der Waals surface area contributed by atoms with Crippen molar-refractivity contribution in [1.82, 2.24) is 4.98 Å². The van der Waals surface area contributed by atoms with Gasteiger partial charge >= 0.3 is 24.1 Å². The van der Waals surface area contributed by atoms with Gasteiger partial charge in [0.1, 0.15) is 12.7 Å². The quantitative estimate of drug-likeness (QED) is 0.137. The van der Waals surface area contributed by atoms with Gasteiger partial charge in [-0.1, -0.05) is 72.8 Å². The highest BCUT2D eigenvalue weighted by molar-refractivity contribution is 6.16. The van der Waals surface area contributed by atoms with Gasteiger partial charge in [0.05, 0.1) is 22.2 Å². The van der Waals surface area contributed by atoms with Crippen LogP contribution in [0.3, 0.4) is 0 Å². The first-order valence-electron chi connectivity index (χ1n) is 17.1. The van der Waals surface area contributed by atoms with E-state index < -0.39 is 42.4 Å². The number of rotatable bonds is 8. The van der Waals surface area contributed by atoms with E-state index in [-0.39, 0.29) is 23.6 Å². The van der Waals surface area contributed by atoms with Gasteiger partial charge in [-0.2, -0.15) is 4.57 Å². The van der Waals surface area contributed by atoms with Crippen LogP contribution in [0.5, 0.6) is 0 Å². The van der Waals surface area contributed by atoms with Crippen LogP contribution in [0.4, 0.5) is 0 Å². The van der Waals surface area contributed by atoms with E-state index in [1.807, 2.05) is 35.2 Å². The maximum Gasteiger partial charge on any atom is 0.338 e. The SMILES string of the molecule is Cc1c2cc[n+]([C@@H]3O[C@H](COC(=O)c4ccccc4)[C@@H](OC(=O)c4ccccc4)[C@H]3OC(=O)c3ccccc3)cc2c(C)c2c1[nH]c1ccccc12.[Br-]. The maximum absolute atomic E-state index is 13.7. The zero-order chi connectivity index (χ0) is 35.8. The number of hydrogen-bond acceptors (Lipinski definition) is 7. The van der Waals surface area contributed by atoms with Crippen molar-refractivity contribution in [3.8, 4) is 0 Å². The van der Waals surface area contributed by atoms with Gasteiger partial charge in [0, 0.05) is 27.7 Å². The highest BCUT2D eigenvalue weighted by Gasteiger charge is 2.55. The lowest BCUT2D eigenvalue weighted by Gasteiger charge is -2.23. The van der Waals surface area contributed by atoms with Crippen LogP contribution in [0.2, 0.25) is 0 Å². The van der Waals surface area contributed by atoms with Crippen molar-refractivity contribution in [2.45, 2.75) is 38.4 Å². The van der Waals surface area contributed by atoms with Crippen LogP contribution in [-0.2, 0) is 18.9 Å². The van der Waals surface area contributed by atoms with Crippen molar-refractivity contribution in [2.75, 3.05) is 6.61 Å². The van der Waals surface area contributed by atoms with Crippen molar-refractivity contribution in [2.24, 2.45) is 0 Å². The number of pyridine rings is 1. The van der Waals surface area contributed by atoms with Gasteiger partial charge in [-0.3, -0.25) is 0 Å². The van der Waals surface area contributed by atoms with Crippen LogP contribution in [0, 0.1) is 13.8 Å². The van der Waals surface area contributed by atoms with Crippen molar-refractivity contribution in [3.05, 3.63) is 162 Å². The Bertz CT molecular complexity index is 2450. The van der Waals surface area contributed by atoms with E-state index in [1.54, 1.807) is 91.0 Å². The predicted octanol–water partition coefficient (Wildman–Crippen LogP) is 4.59. The number of hydrogen-bond donors (Lipinski definition) is 1. The molecule has 0 radical (unpaired) electrons. The topological polar surface area (TPSA) is 108 Å². The van der Waals surface area contributed by atoms with Crippen molar-refractivity contribution in [3.63, 3.8) is 0 Å². The number of carbonyl (C=O) groups is 3. The molecule has 7 aromatic rings. The van der Waals surface area contributed by atoms with E-state index in [0.717, 1.165) is 43.7 Å². The smallest absolute Gasteiger partial charge is 0.338 e. The minimum atomic E-state index is -1.14. The normalized spacial score (nSPS) is 18.1. The lowest BCUT2D eigenvalue weighted by atomic mass is 9.97. The molecule has 10 heteroatoms. The summed E-state index contributed by atoms with van der Waals surface area (Å²) in [5.74, 6) is -1.81. The lowest BCUT2D eigenvalue weighted by Crippen LogP contribution is -3.00. The van der Waals surface area contributed by atoms with Crippen LogP contribution in [0.1, 0.15) is 48.4 Å². The average Bonchev–Trinajstić information content (AvgIpc) is 3.75. The number of aromatic amines is 1. The number of aryl methyl sites for hydroxylation is 2. The van der Waals surface area contributed by atoms with E-state index in [0.29, 0.717) is 16.7 Å². The number of nitrogens with one attached hydrogen (secondary N) is 1. The molecule has 0 amide bonds. The molecule has 1 fully saturated rings. The van der Waals surface area contributed by atoms with Crippen LogP contribution in [-0.4, -0.2) is 47.8 Å². The molecule has 5 aromatic carbocycles. The second-order valence-electron chi connectivity index (χ2n) is 12.9. The van der Waals surface area contributed by atoms with Gasteiger partial charge in [0.15, 0.2) is 18.5 Å². The van der Waals surface area contributed by atoms with Crippen LogP contribution >= 0.6 is 0 Å². The lowest BCUT2D eigenvalue weighted by molar-refractivity contribution is -0.764. The van der Waals surface area contributed by atoms with Gasteiger partial charge in [-0.05, 0) is 72.8 Å². The fraction of sp³-hybridized carbons (Fsp3) is 0.163. The summed E-state index contributed by atoms with van der Waals surface area (Å²) in [7, 11) is 0. The molecule has 9 nitrogen and oxygen atoms in total. The highest BCUT2D eigenvalue weighted by atomic mass is 79.9. The Labute approximate surface area is 315 Å². The summed E-state index contributed by atoms with van der Waals surface area (Å²) in [6.07, 6.45) is -0.365. The molecule has 0 bridgehead atoms. The Morgan fingerprint density at radius 3 is 1.81 bits per heavy atom. The first kappa shape index (κ1) is 35.6. The molecule has 53 heavy (non-hydrogen) atoms. The molecule has 2 aromatic heterocycles. The number of fused-ring (bicyclic) bond motifs is 4. The van der Waals surface area contributed by atoms with E-state index in [1.165, 1.54) is 0 Å². The highest BCUT2D eigenvalue weighted by Crippen LogP contribution is 2.37. The van der Waals surface area contributed by atoms with Gasteiger partial charge in [-0.25, -0.2) is 14.4 Å². The first-order valence-corrected chi connectivity index (χ1v) is 17.1. The molecular weight excluding hydrogens is 736 g/mol. The third kappa shape index (κ3) is 6.79. The molecule has 1 aliphatic heterocycles. The Morgan fingerprint density at radius 1 is 0.642 bits per heavy atom. The molecule has 4 atom stereocenters. The fourth-order valence-electron chi connectivity index (χ4n) is 7.08. The third-order valence-corrected chi connectivity index (χ3v) is 9.72. The van der Waals surface area contributed by atoms with Crippen LogP contribution in [0.25, 0.3) is 32.6 Å². The number of aromatic nitrogens is 2. The molecule has 3 heterocycles. The molecule has 0 saturated carbocycles. The number of nitrogens with zero attached hydrogens (tertiary/aromatic N) is 1.